The lowest BCUT2D eigenvalue weighted by Gasteiger charge is -1.96. The molecule has 0 unspecified atom stereocenters. The van der Waals surface area contributed by atoms with Crippen LogP contribution in [0.5, 0.6) is 0 Å². The molecule has 74 valence electrons. The lowest BCUT2D eigenvalue weighted by Crippen LogP contribution is -1.81. The SMILES string of the molecule is N#CSc1nsnc1-c1ccc(F)cc1. The summed E-state index contributed by atoms with van der Waals surface area (Å²) in [7, 11) is 0. The van der Waals surface area contributed by atoms with Crippen molar-refractivity contribution in [3.63, 3.8) is 0 Å². The lowest BCUT2D eigenvalue weighted by molar-refractivity contribution is 0.628. The van der Waals surface area contributed by atoms with Crippen LogP contribution in [0.4, 0.5) is 4.39 Å². The molecule has 0 fully saturated rings. The Balaban J connectivity index is 2.41. The minimum atomic E-state index is -0.295. The molecule has 0 aliphatic rings. The summed E-state index contributed by atoms with van der Waals surface area (Å²) in [5.41, 5.74) is 1.40. The van der Waals surface area contributed by atoms with Crippen LogP contribution >= 0.6 is 23.5 Å². The maximum Gasteiger partial charge on any atom is 0.152 e. The monoisotopic (exact) mass is 237 g/mol. The molecule has 1 aromatic heterocycles. The van der Waals surface area contributed by atoms with E-state index in [1.807, 2.05) is 5.40 Å². The quantitative estimate of drug-likeness (QED) is 0.595. The Morgan fingerprint density at radius 3 is 2.67 bits per heavy atom. The Hall–Kier alpha value is -1.45. The van der Waals surface area contributed by atoms with E-state index in [1.165, 1.54) is 12.1 Å². The molecule has 6 heteroatoms. The van der Waals surface area contributed by atoms with E-state index in [1.54, 1.807) is 12.1 Å². The van der Waals surface area contributed by atoms with Gasteiger partial charge in [0, 0.05) is 17.3 Å². The van der Waals surface area contributed by atoms with Gasteiger partial charge in [-0.15, -0.1) is 0 Å². The Morgan fingerprint density at radius 1 is 1.27 bits per heavy atom. The summed E-state index contributed by atoms with van der Waals surface area (Å²) >= 11 is 2.00. The van der Waals surface area contributed by atoms with Crippen molar-refractivity contribution in [1.82, 2.24) is 8.75 Å². The van der Waals surface area contributed by atoms with Gasteiger partial charge in [-0.05, 0) is 24.3 Å². The van der Waals surface area contributed by atoms with Crippen LogP contribution in [0.1, 0.15) is 0 Å². The molecule has 0 saturated heterocycles. The molecule has 0 aliphatic heterocycles. The second-order valence-electron chi connectivity index (χ2n) is 2.62. The number of thioether (sulfide) groups is 1. The topological polar surface area (TPSA) is 49.6 Å². The second-order valence-corrected chi connectivity index (χ2v) is 3.92. The van der Waals surface area contributed by atoms with E-state index in [4.69, 9.17) is 5.26 Å². The zero-order chi connectivity index (χ0) is 10.7. The molecule has 1 aromatic carbocycles. The second kappa shape index (κ2) is 4.38. The molecule has 0 amide bonds. The maximum absolute atomic E-state index is 12.7. The first-order valence-electron chi connectivity index (χ1n) is 3.95. The molecule has 15 heavy (non-hydrogen) atoms. The van der Waals surface area contributed by atoms with Gasteiger partial charge in [0.05, 0.1) is 11.7 Å². The van der Waals surface area contributed by atoms with Crippen molar-refractivity contribution in [2.75, 3.05) is 0 Å². The van der Waals surface area contributed by atoms with Gasteiger partial charge < -0.3 is 0 Å². The fourth-order valence-electron chi connectivity index (χ4n) is 1.07. The van der Waals surface area contributed by atoms with Crippen molar-refractivity contribution in [3.05, 3.63) is 30.1 Å². The van der Waals surface area contributed by atoms with Crippen molar-refractivity contribution < 1.29 is 4.39 Å². The van der Waals surface area contributed by atoms with Gasteiger partial charge in [0.2, 0.25) is 0 Å². The van der Waals surface area contributed by atoms with Crippen LogP contribution in [-0.2, 0) is 0 Å². The van der Waals surface area contributed by atoms with Gasteiger partial charge in [-0.3, -0.25) is 0 Å². The zero-order valence-electron chi connectivity index (χ0n) is 7.35. The third-order valence-electron chi connectivity index (χ3n) is 1.72. The molecular formula is C9H4FN3S2. The van der Waals surface area contributed by atoms with Crippen LogP contribution in [-0.4, -0.2) is 8.75 Å². The summed E-state index contributed by atoms with van der Waals surface area (Å²) in [5, 5.41) is 11.0. The maximum atomic E-state index is 12.7. The number of hydrogen-bond acceptors (Lipinski definition) is 5. The molecule has 0 radical (unpaired) electrons. The molecule has 0 spiro atoms. The third-order valence-corrected chi connectivity index (χ3v) is 2.93. The normalized spacial score (nSPS) is 9.87. The number of thiocyanates is 1. The minimum Gasteiger partial charge on any atom is -0.207 e. The van der Waals surface area contributed by atoms with Crippen molar-refractivity contribution in [1.29, 1.82) is 5.26 Å². The van der Waals surface area contributed by atoms with Gasteiger partial charge in [0.15, 0.2) is 5.03 Å². The molecule has 0 bridgehead atoms. The highest BCUT2D eigenvalue weighted by Crippen LogP contribution is 2.28. The van der Waals surface area contributed by atoms with Crippen LogP contribution in [0.15, 0.2) is 29.3 Å². The molecule has 0 N–H and O–H groups in total. The smallest absolute Gasteiger partial charge is 0.152 e. The number of hydrogen-bond donors (Lipinski definition) is 0. The Morgan fingerprint density at radius 2 is 2.00 bits per heavy atom. The molecule has 2 rings (SSSR count). The summed E-state index contributed by atoms with van der Waals surface area (Å²) < 4.78 is 20.7. The minimum absolute atomic E-state index is 0.295. The summed E-state index contributed by atoms with van der Waals surface area (Å²) in [5.74, 6) is -0.295. The van der Waals surface area contributed by atoms with Crippen LogP contribution in [0.2, 0.25) is 0 Å². The van der Waals surface area contributed by atoms with Gasteiger partial charge in [0.1, 0.15) is 16.9 Å². The van der Waals surface area contributed by atoms with Crippen molar-refractivity contribution in [2.45, 2.75) is 5.03 Å². The molecule has 0 aliphatic carbocycles. The highest BCUT2D eigenvalue weighted by Gasteiger charge is 2.10. The molecule has 2 aromatic rings. The first kappa shape index (κ1) is 10.1. The number of nitriles is 1. The fraction of sp³-hybridized carbons (Fsp3) is 0. The van der Waals surface area contributed by atoms with Crippen molar-refractivity contribution >= 4 is 23.5 Å². The summed E-state index contributed by atoms with van der Waals surface area (Å²) in [6, 6.07) is 5.95. The molecule has 0 saturated carbocycles. The van der Waals surface area contributed by atoms with Crippen LogP contribution < -0.4 is 0 Å². The van der Waals surface area contributed by atoms with Crippen LogP contribution in [0, 0.1) is 16.5 Å². The van der Waals surface area contributed by atoms with E-state index in [9.17, 15) is 4.39 Å². The number of benzene rings is 1. The van der Waals surface area contributed by atoms with Crippen molar-refractivity contribution in [2.24, 2.45) is 0 Å². The van der Waals surface area contributed by atoms with Gasteiger partial charge in [0.25, 0.3) is 0 Å². The van der Waals surface area contributed by atoms with Gasteiger partial charge >= 0.3 is 0 Å². The Labute approximate surface area is 93.9 Å². The molecular weight excluding hydrogens is 233 g/mol. The molecule has 3 nitrogen and oxygen atoms in total. The largest absolute Gasteiger partial charge is 0.207 e. The molecule has 1 heterocycles. The highest BCUT2D eigenvalue weighted by molar-refractivity contribution is 8.03. The Kier molecular flexibility index (Phi) is 2.94. The summed E-state index contributed by atoms with van der Waals surface area (Å²) in [4.78, 5) is 0. The zero-order valence-corrected chi connectivity index (χ0v) is 8.98. The number of aromatic nitrogens is 2. The first-order chi connectivity index (χ1) is 7.31. The van der Waals surface area contributed by atoms with Crippen molar-refractivity contribution in [3.8, 4) is 16.7 Å². The average molecular weight is 237 g/mol. The van der Waals surface area contributed by atoms with E-state index in [2.05, 4.69) is 8.75 Å². The van der Waals surface area contributed by atoms with E-state index < -0.39 is 0 Å². The van der Waals surface area contributed by atoms with E-state index in [0.717, 1.165) is 29.1 Å². The fourth-order valence-corrected chi connectivity index (χ4v) is 2.20. The first-order valence-corrected chi connectivity index (χ1v) is 5.50. The van der Waals surface area contributed by atoms with Gasteiger partial charge in [-0.1, -0.05) is 0 Å². The number of nitrogens with zero attached hydrogens (tertiary/aromatic N) is 3. The van der Waals surface area contributed by atoms with E-state index in [-0.39, 0.29) is 5.82 Å². The van der Waals surface area contributed by atoms with Crippen LogP contribution in [0.25, 0.3) is 11.3 Å². The lowest BCUT2D eigenvalue weighted by atomic mass is 10.2. The molecule has 0 atom stereocenters. The van der Waals surface area contributed by atoms with E-state index in [0.29, 0.717) is 10.7 Å². The predicted octanol–water partition coefficient (Wildman–Crippen LogP) is 2.92. The summed E-state index contributed by atoms with van der Waals surface area (Å²) in [6.07, 6.45) is 0. The van der Waals surface area contributed by atoms with E-state index >= 15 is 0 Å². The van der Waals surface area contributed by atoms with Gasteiger partial charge in [-0.2, -0.15) is 14.0 Å². The third kappa shape index (κ3) is 2.14. The number of rotatable bonds is 2. The Bertz CT molecular complexity index is 501. The summed E-state index contributed by atoms with van der Waals surface area (Å²) in [6.45, 7) is 0. The highest BCUT2D eigenvalue weighted by atomic mass is 32.2. The van der Waals surface area contributed by atoms with Crippen LogP contribution in [0.3, 0.4) is 0 Å². The predicted molar refractivity (Wildman–Crippen MR) is 56.8 cm³/mol. The standard InChI is InChI=1S/C9H4FN3S2/c10-7-3-1-6(2-4-7)8-9(14-5-11)13-15-12-8/h1-4H. The van der Waals surface area contributed by atoms with Gasteiger partial charge in [-0.25, -0.2) is 4.39 Å². The number of halogens is 1. The average Bonchev–Trinajstić information content (AvgIpc) is 2.68.